The largest absolute Gasteiger partial charge is 0.298 e. The monoisotopic (exact) mass is 386 g/mol. The molecule has 0 saturated carbocycles. The minimum absolute atomic E-state index is 0.284. The van der Waals surface area contributed by atoms with Crippen LogP contribution in [-0.4, -0.2) is 55.2 Å². The first kappa shape index (κ1) is 18.5. The van der Waals surface area contributed by atoms with Crippen molar-refractivity contribution >= 4 is 10.0 Å². The van der Waals surface area contributed by atoms with E-state index in [0.29, 0.717) is 18.4 Å². The van der Waals surface area contributed by atoms with Gasteiger partial charge in [-0.2, -0.15) is 0 Å². The Kier molecular flexibility index (Phi) is 5.01. The Hall–Kier alpha value is -1.83. The van der Waals surface area contributed by atoms with Gasteiger partial charge >= 0.3 is 0 Å². The van der Waals surface area contributed by atoms with Gasteiger partial charge in [-0.3, -0.25) is 4.90 Å². The molecule has 3 aliphatic heterocycles. The smallest absolute Gasteiger partial charge is 0.208 e. The Morgan fingerprint density at radius 1 is 1.22 bits per heavy atom. The Labute approximate surface area is 161 Å². The van der Waals surface area contributed by atoms with Crippen LogP contribution in [0.1, 0.15) is 30.3 Å². The number of piperidine rings is 3. The third-order valence-electron chi connectivity index (χ3n) is 5.77. The van der Waals surface area contributed by atoms with Crippen LogP contribution in [-0.2, 0) is 10.0 Å². The van der Waals surface area contributed by atoms with Gasteiger partial charge in [0.2, 0.25) is 10.0 Å². The zero-order valence-electron chi connectivity index (χ0n) is 15.8. The van der Waals surface area contributed by atoms with E-state index in [4.69, 9.17) is 4.98 Å². The fraction of sp³-hybridized carbons (Fsp3) is 0.500. The van der Waals surface area contributed by atoms with Crippen LogP contribution in [0, 0.1) is 12.8 Å². The molecule has 3 aliphatic rings. The van der Waals surface area contributed by atoms with Gasteiger partial charge in [0.15, 0.2) is 0 Å². The Bertz CT molecular complexity index is 917. The summed E-state index contributed by atoms with van der Waals surface area (Å²) in [5.74, 6) is 1.73. The predicted octanol–water partition coefficient (Wildman–Crippen LogP) is 2.18. The molecule has 4 atom stereocenters. The molecule has 2 bridgehead atoms. The number of aromatic nitrogens is 2. The van der Waals surface area contributed by atoms with Crippen molar-refractivity contribution in [2.75, 3.05) is 25.9 Å². The minimum atomic E-state index is -3.15. The zero-order chi connectivity index (χ0) is 19.0. The topological polar surface area (TPSA) is 75.2 Å². The number of hydrogen-bond acceptors (Lipinski definition) is 5. The summed E-state index contributed by atoms with van der Waals surface area (Å²) in [6.45, 7) is 4.43. The normalized spacial score (nSPS) is 27.6. The van der Waals surface area contributed by atoms with Crippen LogP contribution in [0.3, 0.4) is 0 Å². The van der Waals surface area contributed by atoms with Gasteiger partial charge in [-0.15, -0.1) is 0 Å². The summed E-state index contributed by atoms with van der Waals surface area (Å²) >= 11 is 0. The van der Waals surface area contributed by atoms with E-state index in [1.165, 1.54) is 6.26 Å². The molecule has 27 heavy (non-hydrogen) atoms. The molecule has 5 rings (SSSR count). The summed E-state index contributed by atoms with van der Waals surface area (Å²) in [6.07, 6.45) is 3.38. The number of aryl methyl sites for hydroxylation is 1. The molecule has 3 fully saturated rings. The third kappa shape index (κ3) is 4.20. The number of sulfonamides is 1. The number of nitrogens with zero attached hydrogens (tertiary/aromatic N) is 3. The van der Waals surface area contributed by atoms with Crippen LogP contribution < -0.4 is 4.72 Å². The molecule has 7 heteroatoms. The number of nitrogens with one attached hydrogen (secondary N) is 1. The molecule has 1 N–H and O–H groups in total. The summed E-state index contributed by atoms with van der Waals surface area (Å²) in [5, 5.41) is 0. The molecule has 1 unspecified atom stereocenters. The first-order valence-electron chi connectivity index (χ1n) is 9.49. The molecule has 6 nitrogen and oxygen atoms in total. The van der Waals surface area contributed by atoms with Crippen molar-refractivity contribution in [3.63, 3.8) is 0 Å². The van der Waals surface area contributed by atoms with Gasteiger partial charge in [-0.05, 0) is 38.3 Å². The highest BCUT2D eigenvalue weighted by atomic mass is 32.2. The van der Waals surface area contributed by atoms with E-state index < -0.39 is 10.0 Å². The van der Waals surface area contributed by atoms with E-state index in [2.05, 4.69) is 32.8 Å². The van der Waals surface area contributed by atoms with Gasteiger partial charge in [-0.25, -0.2) is 23.1 Å². The van der Waals surface area contributed by atoms with Crippen molar-refractivity contribution in [1.82, 2.24) is 19.6 Å². The number of rotatable bonds is 5. The summed E-state index contributed by atoms with van der Waals surface area (Å²) < 4.78 is 25.5. The highest BCUT2D eigenvalue weighted by Crippen LogP contribution is 2.41. The first-order chi connectivity index (χ1) is 12.9. The predicted molar refractivity (Wildman–Crippen MR) is 106 cm³/mol. The average Bonchev–Trinajstić information content (AvgIpc) is 2.66. The Morgan fingerprint density at radius 2 is 2.00 bits per heavy atom. The van der Waals surface area contributed by atoms with E-state index in [-0.39, 0.29) is 6.04 Å². The molecule has 0 spiro atoms. The standard InChI is InChI=1S/C20H26N4O2S/c1-14-22-19(15-6-4-3-5-7-15)11-20(23-14)18-13-24-9-8-16(18)10-17(24)12-21-27(2,25)26/h3-7,11,16-18,21H,8-10,12-13H2,1-2H3/t16-,17+,18-/m0/s1. The molecule has 3 saturated heterocycles. The SMILES string of the molecule is Cc1nc(-c2ccccc2)cc([C@H]2CN3CC[C@H]2C[C@@H]3CNS(C)(=O)=O)n1. The van der Waals surface area contributed by atoms with Crippen molar-refractivity contribution in [2.24, 2.45) is 5.92 Å². The maximum atomic E-state index is 11.4. The molecule has 1 aromatic carbocycles. The highest BCUT2D eigenvalue weighted by Gasteiger charge is 2.41. The lowest BCUT2D eigenvalue weighted by atomic mass is 9.74. The Morgan fingerprint density at radius 3 is 2.67 bits per heavy atom. The lowest BCUT2D eigenvalue weighted by molar-refractivity contribution is 0.0317. The van der Waals surface area contributed by atoms with Crippen molar-refractivity contribution in [1.29, 1.82) is 0 Å². The van der Waals surface area contributed by atoms with Crippen LogP contribution in [0.15, 0.2) is 36.4 Å². The van der Waals surface area contributed by atoms with E-state index in [0.717, 1.165) is 48.7 Å². The van der Waals surface area contributed by atoms with E-state index >= 15 is 0 Å². The number of fused-ring (bicyclic) bond motifs is 3. The van der Waals surface area contributed by atoms with Crippen LogP contribution in [0.2, 0.25) is 0 Å². The van der Waals surface area contributed by atoms with E-state index in [9.17, 15) is 8.42 Å². The van der Waals surface area contributed by atoms with Gasteiger partial charge in [0.1, 0.15) is 5.82 Å². The van der Waals surface area contributed by atoms with Crippen molar-refractivity contribution in [2.45, 2.75) is 31.7 Å². The van der Waals surface area contributed by atoms with Crippen LogP contribution in [0.4, 0.5) is 0 Å². The quantitative estimate of drug-likeness (QED) is 0.852. The van der Waals surface area contributed by atoms with Gasteiger partial charge in [0, 0.05) is 36.3 Å². The molecule has 0 amide bonds. The lowest BCUT2D eigenvalue weighted by Crippen LogP contribution is -2.56. The lowest BCUT2D eigenvalue weighted by Gasteiger charge is -2.49. The summed E-state index contributed by atoms with van der Waals surface area (Å²) in [6, 6.07) is 12.6. The molecule has 2 aromatic rings. The molecular weight excluding hydrogens is 360 g/mol. The second kappa shape index (κ2) is 7.30. The maximum absolute atomic E-state index is 11.4. The van der Waals surface area contributed by atoms with Crippen molar-refractivity contribution in [3.8, 4) is 11.3 Å². The maximum Gasteiger partial charge on any atom is 0.208 e. The second-order valence-electron chi connectivity index (χ2n) is 7.75. The van der Waals surface area contributed by atoms with E-state index in [1.807, 2.05) is 25.1 Å². The summed E-state index contributed by atoms with van der Waals surface area (Å²) in [4.78, 5) is 11.8. The fourth-order valence-electron chi connectivity index (χ4n) is 4.47. The first-order valence-corrected chi connectivity index (χ1v) is 11.4. The van der Waals surface area contributed by atoms with Crippen LogP contribution in [0.25, 0.3) is 11.3 Å². The molecule has 1 aromatic heterocycles. The number of hydrogen-bond donors (Lipinski definition) is 1. The number of benzene rings is 1. The van der Waals surface area contributed by atoms with Gasteiger partial charge in [0.05, 0.1) is 11.9 Å². The van der Waals surface area contributed by atoms with E-state index in [1.54, 1.807) is 0 Å². The van der Waals surface area contributed by atoms with Gasteiger partial charge < -0.3 is 0 Å². The minimum Gasteiger partial charge on any atom is -0.298 e. The third-order valence-corrected chi connectivity index (χ3v) is 6.46. The average molecular weight is 387 g/mol. The molecule has 4 heterocycles. The summed E-state index contributed by atoms with van der Waals surface area (Å²) in [7, 11) is -3.15. The van der Waals surface area contributed by atoms with Gasteiger partial charge in [0.25, 0.3) is 0 Å². The molecule has 144 valence electrons. The van der Waals surface area contributed by atoms with Crippen molar-refractivity contribution in [3.05, 3.63) is 47.9 Å². The zero-order valence-corrected chi connectivity index (χ0v) is 16.6. The molecule has 0 radical (unpaired) electrons. The fourth-order valence-corrected chi connectivity index (χ4v) is 4.97. The summed E-state index contributed by atoms with van der Waals surface area (Å²) in [5.41, 5.74) is 3.20. The molecule has 0 aliphatic carbocycles. The van der Waals surface area contributed by atoms with Crippen molar-refractivity contribution < 1.29 is 8.42 Å². The van der Waals surface area contributed by atoms with Crippen LogP contribution in [0.5, 0.6) is 0 Å². The highest BCUT2D eigenvalue weighted by molar-refractivity contribution is 7.88. The molecular formula is C20H26N4O2S. The van der Waals surface area contributed by atoms with Crippen LogP contribution >= 0.6 is 0 Å². The van der Waals surface area contributed by atoms with Gasteiger partial charge in [-0.1, -0.05) is 30.3 Å². The Balaban J connectivity index is 1.55. The second-order valence-corrected chi connectivity index (χ2v) is 9.58.